The fourth-order valence-corrected chi connectivity index (χ4v) is 6.70. The zero-order chi connectivity index (χ0) is 28.3. The summed E-state index contributed by atoms with van der Waals surface area (Å²) in [6, 6.07) is 5.75. The molecule has 2 fully saturated rings. The van der Waals surface area contributed by atoms with Crippen molar-refractivity contribution >= 4 is 39.1 Å². The Balaban J connectivity index is 1.34. The number of ether oxygens (including phenoxy) is 1. The molecule has 12 heteroatoms. The van der Waals surface area contributed by atoms with Crippen molar-refractivity contribution < 1.29 is 17.9 Å². The first-order valence-electron chi connectivity index (χ1n) is 13.2. The number of likely N-dealkylation sites (tertiary alicyclic amines) is 2. The second kappa shape index (κ2) is 12.8. The maximum absolute atomic E-state index is 13.4. The number of aryl methyl sites for hydroxylation is 2. The number of halogens is 2. The predicted octanol–water partition coefficient (Wildman–Crippen LogP) is 3.46. The SMILES string of the molecule is CO[C@@H]1CN(C2CCN(C(=O)c3ncnc(CCc4ccc(Cl)c(Cl)c4)c3C)CC2)CC[C@H]1N(C)S(C)(=O)=O. The summed E-state index contributed by atoms with van der Waals surface area (Å²) < 4.78 is 31.3. The van der Waals surface area contributed by atoms with E-state index in [0.29, 0.717) is 54.3 Å². The molecule has 0 spiro atoms. The molecule has 214 valence electrons. The summed E-state index contributed by atoms with van der Waals surface area (Å²) in [5, 5.41) is 1.05. The lowest BCUT2D eigenvalue weighted by atomic mass is 9.95. The predicted molar refractivity (Wildman–Crippen MR) is 153 cm³/mol. The molecular weight excluding hydrogens is 561 g/mol. The smallest absolute Gasteiger partial charge is 0.272 e. The fraction of sp³-hybridized carbons (Fsp3) is 0.593. The minimum atomic E-state index is -3.29. The highest BCUT2D eigenvalue weighted by Gasteiger charge is 2.38. The average Bonchev–Trinajstić information content (AvgIpc) is 2.92. The van der Waals surface area contributed by atoms with Crippen LogP contribution in [0, 0.1) is 6.92 Å². The molecule has 3 heterocycles. The Morgan fingerprint density at radius 1 is 1.10 bits per heavy atom. The van der Waals surface area contributed by atoms with E-state index < -0.39 is 10.0 Å². The van der Waals surface area contributed by atoms with Crippen LogP contribution in [0.3, 0.4) is 0 Å². The van der Waals surface area contributed by atoms with E-state index in [-0.39, 0.29) is 18.1 Å². The minimum absolute atomic E-state index is 0.0626. The van der Waals surface area contributed by atoms with Gasteiger partial charge < -0.3 is 9.64 Å². The number of hydrogen-bond donors (Lipinski definition) is 0. The molecule has 2 aromatic rings. The van der Waals surface area contributed by atoms with E-state index in [1.54, 1.807) is 20.2 Å². The molecule has 4 rings (SSSR count). The first-order valence-corrected chi connectivity index (χ1v) is 15.8. The van der Waals surface area contributed by atoms with Gasteiger partial charge in [-0.05, 0) is 56.7 Å². The largest absolute Gasteiger partial charge is 0.378 e. The molecule has 2 saturated heterocycles. The fourth-order valence-electron chi connectivity index (χ4n) is 5.65. The Hall–Kier alpha value is -1.82. The van der Waals surface area contributed by atoms with Gasteiger partial charge in [0.15, 0.2) is 0 Å². The summed E-state index contributed by atoms with van der Waals surface area (Å²) in [7, 11) is -0.0239. The van der Waals surface area contributed by atoms with E-state index in [9.17, 15) is 13.2 Å². The van der Waals surface area contributed by atoms with Crippen LogP contribution in [0.15, 0.2) is 24.5 Å². The Kier molecular flexibility index (Phi) is 9.88. The third-order valence-corrected chi connectivity index (χ3v) is 10.2. The summed E-state index contributed by atoms with van der Waals surface area (Å²) in [4.78, 5) is 26.5. The van der Waals surface area contributed by atoms with Crippen molar-refractivity contribution in [2.75, 3.05) is 46.6 Å². The van der Waals surface area contributed by atoms with Crippen LogP contribution in [0.5, 0.6) is 0 Å². The van der Waals surface area contributed by atoms with Crippen LogP contribution in [-0.2, 0) is 27.6 Å². The van der Waals surface area contributed by atoms with Gasteiger partial charge in [-0.1, -0.05) is 29.3 Å². The molecule has 0 N–H and O–H groups in total. The number of piperidine rings is 2. The zero-order valence-corrected chi connectivity index (χ0v) is 25.3. The van der Waals surface area contributed by atoms with Crippen molar-refractivity contribution in [2.45, 2.75) is 57.2 Å². The standard InChI is InChI=1S/C27H37Cl2N5O4S/c1-18-23(8-6-19-5-7-21(28)22(29)15-19)30-17-31-26(18)27(35)33-12-9-20(10-13-33)34-14-11-24(25(16-34)38-3)32(2)39(4,36)37/h5,7,15,17,20,24-25H,6,8-14,16H2,1-4H3/t24-,25-/m1/s1. The van der Waals surface area contributed by atoms with Gasteiger partial charge in [0.1, 0.15) is 12.0 Å². The normalized spacial score (nSPS) is 21.5. The lowest BCUT2D eigenvalue weighted by molar-refractivity contribution is -0.0320. The number of benzene rings is 1. The van der Waals surface area contributed by atoms with Crippen molar-refractivity contribution in [3.8, 4) is 0 Å². The lowest BCUT2D eigenvalue weighted by Crippen LogP contribution is -2.58. The van der Waals surface area contributed by atoms with Crippen molar-refractivity contribution in [3.63, 3.8) is 0 Å². The number of methoxy groups -OCH3 is 1. The third kappa shape index (κ3) is 7.10. The van der Waals surface area contributed by atoms with Gasteiger partial charge in [-0.2, -0.15) is 4.31 Å². The Morgan fingerprint density at radius 2 is 1.82 bits per heavy atom. The molecular formula is C27H37Cl2N5O4S. The van der Waals surface area contributed by atoms with Gasteiger partial charge in [0.2, 0.25) is 10.0 Å². The van der Waals surface area contributed by atoms with E-state index in [0.717, 1.165) is 42.6 Å². The molecule has 0 saturated carbocycles. The maximum atomic E-state index is 13.4. The molecule has 1 aromatic carbocycles. The molecule has 1 aromatic heterocycles. The second-order valence-electron chi connectivity index (χ2n) is 10.5. The highest BCUT2D eigenvalue weighted by atomic mass is 35.5. The highest BCUT2D eigenvalue weighted by Crippen LogP contribution is 2.27. The number of aromatic nitrogens is 2. The van der Waals surface area contributed by atoms with Crippen LogP contribution in [0.1, 0.15) is 46.6 Å². The number of amides is 1. The van der Waals surface area contributed by atoms with Gasteiger partial charge in [0.05, 0.1) is 28.4 Å². The quantitative estimate of drug-likeness (QED) is 0.459. The number of hydrogen-bond acceptors (Lipinski definition) is 7. The van der Waals surface area contributed by atoms with Crippen molar-refractivity contribution in [1.29, 1.82) is 0 Å². The molecule has 0 bridgehead atoms. The Labute approximate surface area is 241 Å². The monoisotopic (exact) mass is 597 g/mol. The van der Waals surface area contributed by atoms with Gasteiger partial charge in [-0.3, -0.25) is 9.69 Å². The highest BCUT2D eigenvalue weighted by molar-refractivity contribution is 7.88. The molecule has 0 aliphatic carbocycles. The van der Waals surface area contributed by atoms with Crippen LogP contribution in [0.25, 0.3) is 0 Å². The van der Waals surface area contributed by atoms with Gasteiger partial charge in [-0.25, -0.2) is 18.4 Å². The number of carbonyl (C=O) groups excluding carboxylic acids is 1. The molecule has 39 heavy (non-hydrogen) atoms. The number of rotatable bonds is 8. The third-order valence-electron chi connectivity index (χ3n) is 8.14. The first-order chi connectivity index (χ1) is 18.5. The topological polar surface area (TPSA) is 95.9 Å². The molecule has 0 unspecified atom stereocenters. The molecule has 2 aliphatic rings. The van der Waals surface area contributed by atoms with Crippen LogP contribution in [-0.4, -0.2) is 103 Å². The molecule has 1 amide bonds. The van der Waals surface area contributed by atoms with Crippen molar-refractivity contribution in [3.05, 3.63) is 57.1 Å². The summed E-state index contributed by atoms with van der Waals surface area (Å²) in [5.41, 5.74) is 3.17. The van der Waals surface area contributed by atoms with Crippen LogP contribution >= 0.6 is 23.2 Å². The zero-order valence-electron chi connectivity index (χ0n) is 22.9. The first kappa shape index (κ1) is 30.1. The van der Waals surface area contributed by atoms with Crippen molar-refractivity contribution in [1.82, 2.24) is 24.1 Å². The second-order valence-corrected chi connectivity index (χ2v) is 13.3. The lowest BCUT2D eigenvalue weighted by Gasteiger charge is -2.45. The molecule has 0 radical (unpaired) electrons. The van der Waals surface area contributed by atoms with Gasteiger partial charge in [-0.15, -0.1) is 0 Å². The molecule has 9 nitrogen and oxygen atoms in total. The number of sulfonamides is 1. The summed E-state index contributed by atoms with van der Waals surface area (Å²) in [6.07, 6.45) is 6.32. The van der Waals surface area contributed by atoms with Crippen LogP contribution in [0.4, 0.5) is 0 Å². The van der Waals surface area contributed by atoms with Crippen LogP contribution in [0.2, 0.25) is 10.0 Å². The van der Waals surface area contributed by atoms with Gasteiger partial charge in [0.25, 0.3) is 5.91 Å². The number of nitrogens with zero attached hydrogens (tertiary/aromatic N) is 5. The maximum Gasteiger partial charge on any atom is 0.272 e. The van der Waals surface area contributed by atoms with Crippen LogP contribution < -0.4 is 0 Å². The Morgan fingerprint density at radius 3 is 2.46 bits per heavy atom. The van der Waals surface area contributed by atoms with E-state index >= 15 is 0 Å². The average molecular weight is 599 g/mol. The summed E-state index contributed by atoms with van der Waals surface area (Å²) in [5.74, 6) is -0.0626. The van der Waals surface area contributed by atoms with E-state index in [2.05, 4.69) is 14.9 Å². The summed E-state index contributed by atoms with van der Waals surface area (Å²) >= 11 is 12.2. The summed E-state index contributed by atoms with van der Waals surface area (Å²) in [6.45, 7) is 4.68. The van der Waals surface area contributed by atoms with Crippen molar-refractivity contribution in [2.24, 2.45) is 0 Å². The minimum Gasteiger partial charge on any atom is -0.378 e. The number of carbonyl (C=O) groups is 1. The van der Waals surface area contributed by atoms with Gasteiger partial charge >= 0.3 is 0 Å². The number of likely N-dealkylation sites (N-methyl/N-ethyl adjacent to an activating group) is 1. The Bertz CT molecular complexity index is 1290. The van der Waals surface area contributed by atoms with Gasteiger partial charge in [0, 0.05) is 57.6 Å². The molecule has 2 aliphatic heterocycles. The van der Waals surface area contributed by atoms with E-state index in [4.69, 9.17) is 27.9 Å². The van der Waals surface area contributed by atoms with E-state index in [1.807, 2.05) is 24.0 Å². The van der Waals surface area contributed by atoms with E-state index in [1.165, 1.54) is 16.9 Å². The molecule has 2 atom stereocenters.